The largest absolute Gasteiger partial charge is 0.389 e. The molecular weight excluding hydrogens is 315 g/mol. The van der Waals surface area contributed by atoms with Gasteiger partial charge in [-0.1, -0.05) is 42.6 Å². The summed E-state index contributed by atoms with van der Waals surface area (Å²) in [5.74, 6) is 0. The number of rotatable bonds is 8. The van der Waals surface area contributed by atoms with E-state index in [-0.39, 0.29) is 0 Å². The van der Waals surface area contributed by atoms with Crippen molar-refractivity contribution in [3.63, 3.8) is 0 Å². The molecule has 0 unspecified atom stereocenters. The minimum absolute atomic E-state index is 0.561. The number of anilines is 1. The van der Waals surface area contributed by atoms with E-state index in [1.807, 2.05) is 13.0 Å². The number of nitrogens with one attached hydrogen (secondary N) is 2. The van der Waals surface area contributed by atoms with Crippen LogP contribution in [0.2, 0.25) is 10.0 Å². The molecule has 0 bridgehead atoms. The van der Waals surface area contributed by atoms with Gasteiger partial charge in [-0.05, 0) is 56.7 Å². The summed E-state index contributed by atoms with van der Waals surface area (Å²) in [7, 11) is 0. The summed E-state index contributed by atoms with van der Waals surface area (Å²) in [5, 5.41) is 8.33. The molecule has 1 aliphatic rings. The van der Waals surface area contributed by atoms with Crippen molar-refractivity contribution in [1.82, 2.24) is 5.32 Å². The lowest BCUT2D eigenvalue weighted by atomic mass is 10.1. The van der Waals surface area contributed by atoms with Crippen LogP contribution in [-0.4, -0.2) is 12.6 Å². The zero-order valence-corrected chi connectivity index (χ0v) is 14.9. The first kappa shape index (κ1) is 17.5. The van der Waals surface area contributed by atoms with Gasteiger partial charge in [0.2, 0.25) is 0 Å². The van der Waals surface area contributed by atoms with Crippen molar-refractivity contribution in [2.75, 3.05) is 11.9 Å². The Bertz CT molecular complexity index is 508. The second-order valence-electron chi connectivity index (χ2n) is 6.21. The number of benzene rings is 1. The lowest BCUT2D eigenvalue weighted by Crippen LogP contribution is -2.15. The van der Waals surface area contributed by atoms with E-state index in [4.69, 9.17) is 23.2 Å². The fraction of sp³-hybridized carbons (Fsp3) is 0.556. The smallest absolute Gasteiger partial charge is 0.0652 e. The van der Waals surface area contributed by atoms with E-state index in [0.717, 1.165) is 47.2 Å². The summed E-state index contributed by atoms with van der Waals surface area (Å²) in [6, 6.07) is 4.57. The van der Waals surface area contributed by atoms with Gasteiger partial charge in [-0.25, -0.2) is 0 Å². The standard InChI is InChI=1S/C18H26Cl2N2/c1-13(2)21-10-6-5-7-14-11-18(17(20)12-16(14)19)22-15-8-3-4-9-15/h11-12,15,21-22H,1,3-10H2,2H3. The van der Waals surface area contributed by atoms with E-state index >= 15 is 0 Å². The number of allylic oxidation sites excluding steroid dienone is 1. The van der Waals surface area contributed by atoms with Crippen LogP contribution in [0.1, 0.15) is 51.0 Å². The van der Waals surface area contributed by atoms with Gasteiger partial charge in [-0.2, -0.15) is 0 Å². The van der Waals surface area contributed by atoms with Crippen LogP contribution in [0.4, 0.5) is 5.69 Å². The van der Waals surface area contributed by atoms with Crippen LogP contribution in [0, 0.1) is 0 Å². The monoisotopic (exact) mass is 340 g/mol. The molecule has 2 N–H and O–H groups in total. The predicted octanol–water partition coefficient (Wildman–Crippen LogP) is 5.79. The highest BCUT2D eigenvalue weighted by Gasteiger charge is 2.16. The van der Waals surface area contributed by atoms with Gasteiger partial charge in [-0.3, -0.25) is 0 Å². The van der Waals surface area contributed by atoms with Gasteiger partial charge >= 0.3 is 0 Å². The molecule has 1 aliphatic carbocycles. The van der Waals surface area contributed by atoms with Crippen LogP contribution < -0.4 is 10.6 Å². The first-order valence-corrected chi connectivity index (χ1v) is 8.95. The Labute approximate surface area is 144 Å². The van der Waals surface area contributed by atoms with Gasteiger partial charge in [0.25, 0.3) is 0 Å². The van der Waals surface area contributed by atoms with E-state index in [1.54, 1.807) is 0 Å². The molecule has 0 aromatic heterocycles. The highest BCUT2D eigenvalue weighted by Crippen LogP contribution is 2.32. The Balaban J connectivity index is 1.90. The van der Waals surface area contributed by atoms with Gasteiger partial charge in [0.1, 0.15) is 0 Å². The maximum absolute atomic E-state index is 6.34. The first-order valence-electron chi connectivity index (χ1n) is 8.20. The van der Waals surface area contributed by atoms with Gasteiger partial charge in [0, 0.05) is 23.3 Å². The van der Waals surface area contributed by atoms with Crippen molar-refractivity contribution in [3.05, 3.63) is 40.0 Å². The molecule has 0 heterocycles. The molecule has 0 aliphatic heterocycles. The molecule has 0 spiro atoms. The number of unbranched alkanes of at least 4 members (excludes halogenated alkanes) is 1. The van der Waals surface area contributed by atoms with Crippen LogP contribution in [0.5, 0.6) is 0 Å². The minimum atomic E-state index is 0.561. The summed E-state index contributed by atoms with van der Waals surface area (Å²) >= 11 is 12.7. The fourth-order valence-corrected chi connectivity index (χ4v) is 3.46. The zero-order valence-electron chi connectivity index (χ0n) is 13.4. The molecule has 2 rings (SSSR count). The lowest BCUT2D eigenvalue weighted by molar-refractivity contribution is 0.679. The Morgan fingerprint density at radius 1 is 1.18 bits per heavy atom. The molecule has 1 aromatic rings. The average molecular weight is 341 g/mol. The van der Waals surface area contributed by atoms with E-state index in [0.29, 0.717) is 6.04 Å². The second kappa shape index (κ2) is 8.69. The zero-order chi connectivity index (χ0) is 15.9. The third kappa shape index (κ3) is 5.40. The maximum atomic E-state index is 6.34. The SMILES string of the molecule is C=C(C)NCCCCc1cc(NC2CCCC2)c(Cl)cc1Cl. The third-order valence-electron chi connectivity index (χ3n) is 4.15. The van der Waals surface area contributed by atoms with E-state index < -0.39 is 0 Å². The summed E-state index contributed by atoms with van der Waals surface area (Å²) < 4.78 is 0. The van der Waals surface area contributed by atoms with Crippen LogP contribution in [0.25, 0.3) is 0 Å². The Hall–Kier alpha value is -0.860. The van der Waals surface area contributed by atoms with Crippen molar-refractivity contribution in [1.29, 1.82) is 0 Å². The minimum Gasteiger partial charge on any atom is -0.389 e. The molecule has 1 fully saturated rings. The van der Waals surface area contributed by atoms with Crippen molar-refractivity contribution in [3.8, 4) is 0 Å². The van der Waals surface area contributed by atoms with Crippen molar-refractivity contribution < 1.29 is 0 Å². The number of hydrogen-bond acceptors (Lipinski definition) is 2. The number of hydrogen-bond donors (Lipinski definition) is 2. The summed E-state index contributed by atoms with van der Waals surface area (Å²) in [6.45, 7) is 6.79. The van der Waals surface area contributed by atoms with Crippen molar-refractivity contribution in [2.45, 2.75) is 57.9 Å². The predicted molar refractivity (Wildman–Crippen MR) is 98.1 cm³/mol. The number of halogens is 2. The molecule has 0 radical (unpaired) electrons. The Morgan fingerprint density at radius 2 is 1.91 bits per heavy atom. The second-order valence-corrected chi connectivity index (χ2v) is 7.03. The molecule has 122 valence electrons. The van der Waals surface area contributed by atoms with E-state index in [2.05, 4.69) is 23.3 Å². The topological polar surface area (TPSA) is 24.1 Å². The van der Waals surface area contributed by atoms with Crippen LogP contribution in [0.3, 0.4) is 0 Å². The van der Waals surface area contributed by atoms with Gasteiger partial charge in [0.15, 0.2) is 0 Å². The molecule has 1 aromatic carbocycles. The van der Waals surface area contributed by atoms with Crippen LogP contribution in [-0.2, 0) is 6.42 Å². The Morgan fingerprint density at radius 3 is 2.59 bits per heavy atom. The normalized spacial score (nSPS) is 15.0. The average Bonchev–Trinajstić information content (AvgIpc) is 2.95. The van der Waals surface area contributed by atoms with Gasteiger partial charge in [0.05, 0.1) is 10.7 Å². The summed E-state index contributed by atoms with van der Waals surface area (Å²) in [5.41, 5.74) is 3.24. The lowest BCUT2D eigenvalue weighted by Gasteiger charge is -2.17. The highest BCUT2D eigenvalue weighted by atomic mass is 35.5. The first-order chi connectivity index (χ1) is 10.6. The van der Waals surface area contributed by atoms with E-state index in [9.17, 15) is 0 Å². The molecule has 0 amide bonds. The molecule has 22 heavy (non-hydrogen) atoms. The molecule has 0 saturated heterocycles. The third-order valence-corrected chi connectivity index (χ3v) is 4.82. The van der Waals surface area contributed by atoms with Crippen molar-refractivity contribution in [2.24, 2.45) is 0 Å². The highest BCUT2D eigenvalue weighted by molar-refractivity contribution is 6.36. The molecule has 0 atom stereocenters. The summed E-state index contributed by atoms with van der Waals surface area (Å²) in [6.07, 6.45) is 8.29. The van der Waals surface area contributed by atoms with Crippen LogP contribution in [0.15, 0.2) is 24.4 Å². The maximum Gasteiger partial charge on any atom is 0.0652 e. The van der Waals surface area contributed by atoms with Crippen LogP contribution >= 0.6 is 23.2 Å². The summed E-state index contributed by atoms with van der Waals surface area (Å²) in [4.78, 5) is 0. The molecular formula is C18H26Cl2N2. The number of aryl methyl sites for hydroxylation is 1. The Kier molecular flexibility index (Phi) is 6.91. The van der Waals surface area contributed by atoms with Gasteiger partial charge < -0.3 is 10.6 Å². The van der Waals surface area contributed by atoms with E-state index in [1.165, 1.54) is 31.2 Å². The molecule has 1 saturated carbocycles. The van der Waals surface area contributed by atoms with Crippen molar-refractivity contribution >= 4 is 28.9 Å². The fourth-order valence-electron chi connectivity index (χ4n) is 2.93. The quantitative estimate of drug-likeness (QED) is 0.585. The van der Waals surface area contributed by atoms with Gasteiger partial charge in [-0.15, -0.1) is 0 Å². The molecule has 2 nitrogen and oxygen atoms in total. The molecule has 4 heteroatoms.